The van der Waals surface area contributed by atoms with Crippen molar-refractivity contribution < 1.29 is 4.74 Å². The van der Waals surface area contributed by atoms with E-state index in [9.17, 15) is 0 Å². The number of hydrogen-bond donors (Lipinski definition) is 0. The first-order valence-corrected chi connectivity index (χ1v) is 7.87. The molecule has 0 spiro atoms. The quantitative estimate of drug-likeness (QED) is 0.741. The number of alkyl halides is 1. The number of halogens is 1. The van der Waals surface area contributed by atoms with Gasteiger partial charge in [-0.15, -0.1) is 11.6 Å². The van der Waals surface area contributed by atoms with E-state index < -0.39 is 0 Å². The molecule has 2 atom stereocenters. The highest BCUT2D eigenvalue weighted by molar-refractivity contribution is 6.17. The molecule has 2 rings (SSSR count). The third kappa shape index (κ3) is 3.62. The smallest absolute Gasteiger partial charge is 0.218 e. The molecule has 0 amide bonds. The number of pyridine rings is 1. The zero-order valence-electron chi connectivity index (χ0n) is 12.2. The van der Waals surface area contributed by atoms with Crippen molar-refractivity contribution in [2.24, 2.45) is 5.92 Å². The molecule has 19 heavy (non-hydrogen) atoms. The molecule has 0 N–H and O–H groups in total. The minimum atomic E-state index is 0.314. The molecule has 3 heteroatoms. The highest BCUT2D eigenvalue weighted by Crippen LogP contribution is 2.31. The van der Waals surface area contributed by atoms with Crippen LogP contribution in [0.15, 0.2) is 6.07 Å². The minimum absolute atomic E-state index is 0.314. The van der Waals surface area contributed by atoms with Crippen LogP contribution in [-0.4, -0.2) is 11.1 Å². The van der Waals surface area contributed by atoms with Crippen molar-refractivity contribution in [1.29, 1.82) is 0 Å². The fraction of sp³-hybridized carbons (Fsp3) is 0.688. The fourth-order valence-electron chi connectivity index (χ4n) is 2.97. The lowest BCUT2D eigenvalue weighted by Gasteiger charge is -2.29. The van der Waals surface area contributed by atoms with Gasteiger partial charge in [0.1, 0.15) is 6.10 Å². The second kappa shape index (κ2) is 6.60. The van der Waals surface area contributed by atoms with Crippen molar-refractivity contribution in [2.45, 2.75) is 64.9 Å². The Morgan fingerprint density at radius 3 is 2.84 bits per heavy atom. The van der Waals surface area contributed by atoms with Crippen LogP contribution in [-0.2, 0) is 5.88 Å². The third-order valence-electron chi connectivity index (χ3n) is 4.16. The maximum Gasteiger partial charge on any atom is 0.218 e. The molecule has 0 aromatic carbocycles. The number of rotatable bonds is 4. The Kier molecular flexibility index (Phi) is 5.09. The molecule has 1 saturated carbocycles. The van der Waals surface area contributed by atoms with Gasteiger partial charge in [0.05, 0.1) is 5.88 Å². The van der Waals surface area contributed by atoms with Crippen LogP contribution < -0.4 is 4.74 Å². The molecule has 2 nitrogen and oxygen atoms in total. The number of hydrogen-bond acceptors (Lipinski definition) is 2. The predicted octanol–water partition coefficient (Wildman–Crippen LogP) is 4.78. The standard InChI is InChI=1S/C16H24ClNO/c1-4-13-6-5-7-14(9-13)19-16-15(10-17)11(2)8-12(3)18-16/h8,13-14H,4-7,9-10H2,1-3H3. The van der Waals surface area contributed by atoms with Crippen LogP contribution in [0.3, 0.4) is 0 Å². The van der Waals surface area contributed by atoms with Crippen LogP contribution in [0.2, 0.25) is 0 Å². The Balaban J connectivity index is 2.14. The molecule has 0 saturated heterocycles. The highest BCUT2D eigenvalue weighted by Gasteiger charge is 2.23. The summed E-state index contributed by atoms with van der Waals surface area (Å²) < 4.78 is 6.18. The van der Waals surface area contributed by atoms with Gasteiger partial charge in [-0.1, -0.05) is 19.8 Å². The fourth-order valence-corrected chi connectivity index (χ4v) is 3.29. The molecule has 1 aliphatic carbocycles. The maximum atomic E-state index is 6.18. The normalized spacial score (nSPS) is 23.4. The van der Waals surface area contributed by atoms with Gasteiger partial charge in [-0.05, 0) is 50.7 Å². The third-order valence-corrected chi connectivity index (χ3v) is 4.43. The molecule has 0 bridgehead atoms. The number of aromatic nitrogens is 1. The summed E-state index contributed by atoms with van der Waals surface area (Å²) in [6.07, 6.45) is 6.49. The van der Waals surface area contributed by atoms with Gasteiger partial charge in [-0.25, -0.2) is 4.98 Å². The average Bonchev–Trinajstić information content (AvgIpc) is 2.38. The van der Waals surface area contributed by atoms with Crippen molar-refractivity contribution in [3.8, 4) is 5.88 Å². The summed E-state index contributed by atoms with van der Waals surface area (Å²) in [5.41, 5.74) is 3.23. The second-order valence-electron chi connectivity index (χ2n) is 5.68. The minimum Gasteiger partial charge on any atom is -0.474 e. The summed E-state index contributed by atoms with van der Waals surface area (Å²) >= 11 is 6.04. The van der Waals surface area contributed by atoms with Crippen LogP contribution in [0.5, 0.6) is 5.88 Å². The zero-order valence-corrected chi connectivity index (χ0v) is 13.0. The van der Waals surface area contributed by atoms with E-state index >= 15 is 0 Å². The first-order valence-electron chi connectivity index (χ1n) is 7.33. The van der Waals surface area contributed by atoms with E-state index in [1.54, 1.807) is 0 Å². The van der Waals surface area contributed by atoms with Gasteiger partial charge in [0.25, 0.3) is 0 Å². The summed E-state index contributed by atoms with van der Waals surface area (Å²) in [7, 11) is 0. The molecule has 0 radical (unpaired) electrons. The molecular formula is C16H24ClNO. The summed E-state index contributed by atoms with van der Waals surface area (Å²) in [5.74, 6) is 2.04. The maximum absolute atomic E-state index is 6.18. The average molecular weight is 282 g/mol. The molecular weight excluding hydrogens is 258 g/mol. The summed E-state index contributed by atoms with van der Waals surface area (Å²) in [4.78, 5) is 4.54. The Morgan fingerprint density at radius 2 is 2.16 bits per heavy atom. The van der Waals surface area contributed by atoms with Crippen molar-refractivity contribution in [1.82, 2.24) is 4.98 Å². The zero-order chi connectivity index (χ0) is 13.8. The van der Waals surface area contributed by atoms with E-state index in [0.717, 1.165) is 35.9 Å². The highest BCUT2D eigenvalue weighted by atomic mass is 35.5. The molecule has 1 fully saturated rings. The van der Waals surface area contributed by atoms with Gasteiger partial charge in [-0.3, -0.25) is 0 Å². The number of ether oxygens (including phenoxy) is 1. The topological polar surface area (TPSA) is 22.1 Å². The molecule has 1 heterocycles. The second-order valence-corrected chi connectivity index (χ2v) is 5.95. The summed E-state index contributed by atoms with van der Waals surface area (Å²) in [6, 6.07) is 2.07. The number of aryl methyl sites for hydroxylation is 2. The van der Waals surface area contributed by atoms with Crippen LogP contribution >= 0.6 is 11.6 Å². The van der Waals surface area contributed by atoms with E-state index in [0.29, 0.717) is 12.0 Å². The van der Waals surface area contributed by atoms with Crippen molar-refractivity contribution >= 4 is 11.6 Å². The van der Waals surface area contributed by atoms with E-state index in [2.05, 4.69) is 24.9 Å². The first kappa shape index (κ1) is 14.6. The first-order chi connectivity index (χ1) is 9.13. The largest absolute Gasteiger partial charge is 0.474 e. The monoisotopic (exact) mass is 281 g/mol. The van der Waals surface area contributed by atoms with Crippen LogP contribution in [0.25, 0.3) is 0 Å². The predicted molar refractivity (Wildman–Crippen MR) is 79.9 cm³/mol. The lowest BCUT2D eigenvalue weighted by Crippen LogP contribution is -2.26. The molecule has 0 aliphatic heterocycles. The van der Waals surface area contributed by atoms with Crippen LogP contribution in [0, 0.1) is 19.8 Å². The Labute approximate surface area is 121 Å². The molecule has 2 unspecified atom stereocenters. The molecule has 1 aromatic rings. The molecule has 1 aromatic heterocycles. The van der Waals surface area contributed by atoms with Gasteiger partial charge < -0.3 is 4.74 Å². The lowest BCUT2D eigenvalue weighted by atomic mass is 9.85. The Bertz CT molecular complexity index is 433. The van der Waals surface area contributed by atoms with Crippen molar-refractivity contribution in [3.63, 3.8) is 0 Å². The SMILES string of the molecule is CCC1CCCC(Oc2nc(C)cc(C)c2CCl)C1. The van der Waals surface area contributed by atoms with Crippen molar-refractivity contribution in [2.75, 3.05) is 0 Å². The van der Waals surface area contributed by atoms with Gasteiger partial charge in [0.15, 0.2) is 0 Å². The summed E-state index contributed by atoms with van der Waals surface area (Å²) in [5, 5.41) is 0. The van der Waals surface area contributed by atoms with Gasteiger partial charge in [-0.2, -0.15) is 0 Å². The van der Waals surface area contributed by atoms with Gasteiger partial charge in [0, 0.05) is 11.3 Å². The van der Waals surface area contributed by atoms with E-state index in [-0.39, 0.29) is 0 Å². The van der Waals surface area contributed by atoms with Gasteiger partial charge in [0.2, 0.25) is 5.88 Å². The van der Waals surface area contributed by atoms with E-state index in [1.165, 1.54) is 24.8 Å². The van der Waals surface area contributed by atoms with Crippen LogP contribution in [0.1, 0.15) is 55.8 Å². The molecule has 106 valence electrons. The van der Waals surface area contributed by atoms with Crippen molar-refractivity contribution in [3.05, 3.63) is 22.9 Å². The lowest BCUT2D eigenvalue weighted by molar-refractivity contribution is 0.116. The van der Waals surface area contributed by atoms with E-state index in [1.807, 2.05) is 6.92 Å². The number of nitrogens with zero attached hydrogens (tertiary/aromatic N) is 1. The summed E-state index contributed by atoms with van der Waals surface area (Å²) in [6.45, 7) is 6.36. The Morgan fingerprint density at radius 1 is 1.37 bits per heavy atom. The van der Waals surface area contributed by atoms with Crippen LogP contribution in [0.4, 0.5) is 0 Å². The molecule has 1 aliphatic rings. The Hall–Kier alpha value is -0.760. The van der Waals surface area contributed by atoms with Gasteiger partial charge >= 0.3 is 0 Å². The van der Waals surface area contributed by atoms with E-state index in [4.69, 9.17) is 16.3 Å².